The zero-order chi connectivity index (χ0) is 24.3. The van der Waals surface area contributed by atoms with Gasteiger partial charge in [-0.1, -0.05) is 30.7 Å². The highest BCUT2D eigenvalue weighted by Gasteiger charge is 2.28. The van der Waals surface area contributed by atoms with Crippen LogP contribution >= 0.6 is 0 Å². The van der Waals surface area contributed by atoms with Crippen molar-refractivity contribution in [3.8, 4) is 0 Å². The van der Waals surface area contributed by atoms with Crippen LogP contribution < -0.4 is 10.6 Å². The van der Waals surface area contributed by atoms with Crippen molar-refractivity contribution >= 4 is 33.2 Å². The molecule has 0 atom stereocenters. The van der Waals surface area contributed by atoms with Crippen LogP contribution in [0.2, 0.25) is 0 Å². The van der Waals surface area contributed by atoms with Gasteiger partial charge in [0.2, 0.25) is 10.0 Å². The number of rotatable bonds is 6. The maximum atomic E-state index is 13.1. The molecule has 2 heterocycles. The van der Waals surface area contributed by atoms with Gasteiger partial charge in [-0.25, -0.2) is 8.42 Å². The summed E-state index contributed by atoms with van der Waals surface area (Å²) < 4.78 is 29.0. The van der Waals surface area contributed by atoms with Crippen molar-refractivity contribution in [2.24, 2.45) is 7.05 Å². The number of para-hydroxylation sites is 1. The first-order valence-corrected chi connectivity index (χ1v) is 12.6. The number of sulfonamides is 1. The molecule has 34 heavy (non-hydrogen) atoms. The van der Waals surface area contributed by atoms with E-state index in [2.05, 4.69) is 10.6 Å². The first-order valence-electron chi connectivity index (χ1n) is 11.2. The predicted molar refractivity (Wildman–Crippen MR) is 132 cm³/mol. The third kappa shape index (κ3) is 5.05. The van der Waals surface area contributed by atoms with E-state index in [0.29, 0.717) is 30.0 Å². The van der Waals surface area contributed by atoms with Gasteiger partial charge < -0.3 is 15.2 Å². The summed E-state index contributed by atoms with van der Waals surface area (Å²) in [6.07, 6.45) is 4.14. The smallest absolute Gasteiger partial charge is 0.272 e. The highest BCUT2D eigenvalue weighted by molar-refractivity contribution is 7.89. The molecule has 2 N–H and O–H groups in total. The van der Waals surface area contributed by atoms with E-state index in [4.69, 9.17) is 0 Å². The van der Waals surface area contributed by atoms with Gasteiger partial charge in [-0.2, -0.15) is 4.31 Å². The Labute approximate surface area is 199 Å². The molecule has 1 aromatic heterocycles. The monoisotopic (exact) mass is 480 g/mol. The van der Waals surface area contributed by atoms with Crippen LogP contribution in [-0.2, 0) is 17.1 Å². The van der Waals surface area contributed by atoms with Gasteiger partial charge in [-0.05, 0) is 55.7 Å². The van der Waals surface area contributed by atoms with E-state index >= 15 is 0 Å². The average Bonchev–Trinajstić information content (AvgIpc) is 3.22. The van der Waals surface area contributed by atoms with Crippen LogP contribution in [0, 0.1) is 6.92 Å². The van der Waals surface area contributed by atoms with Crippen LogP contribution in [-0.4, -0.2) is 42.2 Å². The summed E-state index contributed by atoms with van der Waals surface area (Å²) in [7, 11) is -2.04. The second-order valence-corrected chi connectivity index (χ2v) is 10.4. The highest BCUT2D eigenvalue weighted by atomic mass is 32.2. The summed E-state index contributed by atoms with van der Waals surface area (Å²) in [5.74, 6) is -0.861. The normalized spacial score (nSPS) is 14.5. The Bertz CT molecular complexity index is 1320. The van der Waals surface area contributed by atoms with E-state index in [-0.39, 0.29) is 16.5 Å². The lowest BCUT2D eigenvalue weighted by atomic mass is 10.1. The van der Waals surface area contributed by atoms with Crippen molar-refractivity contribution < 1.29 is 18.0 Å². The number of nitrogens with one attached hydrogen (secondary N) is 2. The van der Waals surface area contributed by atoms with Crippen LogP contribution in [0.25, 0.3) is 0 Å². The molecular formula is C25H28N4O4S. The topological polar surface area (TPSA) is 101 Å². The summed E-state index contributed by atoms with van der Waals surface area (Å²) in [6, 6.07) is 15.5. The molecule has 8 nitrogen and oxygen atoms in total. The lowest BCUT2D eigenvalue weighted by Gasteiger charge is -2.25. The number of hydrogen-bond acceptors (Lipinski definition) is 4. The highest BCUT2D eigenvalue weighted by Crippen LogP contribution is 2.24. The van der Waals surface area contributed by atoms with Crippen molar-refractivity contribution in [1.82, 2.24) is 8.87 Å². The summed E-state index contributed by atoms with van der Waals surface area (Å²) in [4.78, 5) is 26.0. The number of piperidine rings is 1. The molecule has 0 unspecified atom stereocenters. The molecule has 2 aromatic carbocycles. The molecule has 1 aliphatic heterocycles. The zero-order valence-electron chi connectivity index (χ0n) is 19.2. The Morgan fingerprint density at radius 3 is 2.35 bits per heavy atom. The van der Waals surface area contributed by atoms with E-state index < -0.39 is 15.9 Å². The Morgan fingerprint density at radius 1 is 0.882 bits per heavy atom. The number of nitrogens with zero attached hydrogens (tertiary/aromatic N) is 2. The van der Waals surface area contributed by atoms with Gasteiger partial charge in [0.15, 0.2) is 0 Å². The number of anilines is 2. The molecule has 0 spiro atoms. The molecule has 178 valence electrons. The second-order valence-electron chi connectivity index (χ2n) is 8.46. The Hall–Kier alpha value is -3.43. The van der Waals surface area contributed by atoms with Crippen LogP contribution in [0.3, 0.4) is 0 Å². The van der Waals surface area contributed by atoms with Crippen molar-refractivity contribution in [3.05, 3.63) is 77.6 Å². The minimum atomic E-state index is -3.66. The molecule has 0 saturated carbocycles. The first-order chi connectivity index (χ1) is 16.3. The fraction of sp³-hybridized carbons (Fsp3) is 0.280. The third-order valence-corrected chi connectivity index (χ3v) is 7.73. The zero-order valence-corrected chi connectivity index (χ0v) is 20.1. The molecule has 0 bridgehead atoms. The van der Waals surface area contributed by atoms with Gasteiger partial charge in [0, 0.05) is 32.0 Å². The lowest BCUT2D eigenvalue weighted by Crippen LogP contribution is -2.35. The van der Waals surface area contributed by atoms with Crippen molar-refractivity contribution in [2.45, 2.75) is 31.1 Å². The molecule has 1 fully saturated rings. The van der Waals surface area contributed by atoms with Crippen LogP contribution in [0.15, 0.2) is 65.7 Å². The van der Waals surface area contributed by atoms with Gasteiger partial charge in [0.1, 0.15) is 10.6 Å². The largest absolute Gasteiger partial charge is 0.345 e. The molecule has 0 radical (unpaired) electrons. The van der Waals surface area contributed by atoms with Crippen LogP contribution in [0.1, 0.15) is 45.7 Å². The Balaban J connectivity index is 1.54. The number of carbonyl (C=O) groups excluding carboxylic acids is 2. The van der Waals surface area contributed by atoms with Crippen LogP contribution in [0.4, 0.5) is 11.4 Å². The average molecular weight is 481 g/mol. The maximum absolute atomic E-state index is 13.1. The molecular weight excluding hydrogens is 452 g/mol. The molecule has 4 rings (SSSR count). The number of aromatic nitrogens is 1. The van der Waals surface area contributed by atoms with E-state index in [1.54, 1.807) is 37.4 Å². The fourth-order valence-electron chi connectivity index (χ4n) is 4.05. The minimum Gasteiger partial charge on any atom is -0.345 e. The van der Waals surface area contributed by atoms with E-state index in [1.165, 1.54) is 21.1 Å². The Kier molecular flexibility index (Phi) is 6.85. The summed E-state index contributed by atoms with van der Waals surface area (Å²) >= 11 is 0. The second kappa shape index (κ2) is 9.82. The van der Waals surface area contributed by atoms with Gasteiger partial charge in [-0.15, -0.1) is 0 Å². The first kappa shape index (κ1) is 23.7. The van der Waals surface area contributed by atoms with Gasteiger partial charge >= 0.3 is 0 Å². The quantitative estimate of drug-likeness (QED) is 0.557. The number of aryl methyl sites for hydroxylation is 2. The number of carbonyl (C=O) groups is 2. The molecule has 9 heteroatoms. The van der Waals surface area contributed by atoms with Crippen molar-refractivity contribution in [2.75, 3.05) is 23.7 Å². The van der Waals surface area contributed by atoms with E-state index in [0.717, 1.165) is 24.8 Å². The molecule has 2 amide bonds. The van der Waals surface area contributed by atoms with Crippen LogP contribution in [0.5, 0.6) is 0 Å². The predicted octanol–water partition coefficient (Wildman–Crippen LogP) is 4.01. The summed E-state index contributed by atoms with van der Waals surface area (Å²) in [6.45, 7) is 2.91. The molecule has 1 saturated heterocycles. The molecule has 1 aliphatic rings. The molecule has 3 aromatic rings. The van der Waals surface area contributed by atoms with Gasteiger partial charge in [0.25, 0.3) is 11.8 Å². The van der Waals surface area contributed by atoms with Crippen molar-refractivity contribution in [1.29, 1.82) is 0 Å². The van der Waals surface area contributed by atoms with Gasteiger partial charge in [0.05, 0.1) is 11.3 Å². The third-order valence-electron chi connectivity index (χ3n) is 5.86. The number of hydrogen-bond donors (Lipinski definition) is 2. The van der Waals surface area contributed by atoms with Crippen molar-refractivity contribution in [3.63, 3.8) is 0 Å². The maximum Gasteiger partial charge on any atom is 0.272 e. The molecule has 0 aliphatic carbocycles. The van der Waals surface area contributed by atoms with E-state index in [9.17, 15) is 18.0 Å². The lowest BCUT2D eigenvalue weighted by molar-refractivity contribution is 0.101. The summed E-state index contributed by atoms with van der Waals surface area (Å²) in [5, 5.41) is 5.60. The minimum absolute atomic E-state index is 0.0903. The summed E-state index contributed by atoms with van der Waals surface area (Å²) in [5.41, 5.74) is 2.48. The standard InChI is InChI=1S/C25H28N4O4S/c1-18-9-8-10-19(15-18)26-24(30)21-11-4-5-12-22(21)27-25(31)23-16-20(17-28(23)2)34(32,33)29-13-6-3-7-14-29/h4-5,8-12,15-17H,3,6-7,13-14H2,1-2H3,(H,26,30)(H,27,31). The SMILES string of the molecule is Cc1cccc(NC(=O)c2ccccc2NC(=O)c2cc(S(=O)(=O)N3CCCCC3)cn2C)c1. The van der Waals surface area contributed by atoms with E-state index in [1.807, 2.05) is 25.1 Å². The number of benzene rings is 2. The fourth-order valence-corrected chi connectivity index (χ4v) is 5.64. The Morgan fingerprint density at radius 2 is 1.62 bits per heavy atom. The number of amides is 2. The van der Waals surface area contributed by atoms with Gasteiger partial charge in [-0.3, -0.25) is 9.59 Å².